The lowest BCUT2D eigenvalue weighted by atomic mass is 9.78. The van der Waals surface area contributed by atoms with Crippen LogP contribution in [-0.4, -0.2) is 27.4 Å². The van der Waals surface area contributed by atoms with Crippen LogP contribution in [0.5, 0.6) is 5.75 Å². The first-order valence-corrected chi connectivity index (χ1v) is 5.90. The summed E-state index contributed by atoms with van der Waals surface area (Å²) >= 11 is 3.50. The Morgan fingerprint density at radius 1 is 1.25 bits per heavy atom. The molecule has 0 bridgehead atoms. The van der Waals surface area contributed by atoms with Crippen LogP contribution in [0.2, 0.25) is 0 Å². The second-order valence-electron chi connectivity index (χ2n) is 3.30. The van der Waals surface area contributed by atoms with E-state index >= 15 is 0 Å². The van der Waals surface area contributed by atoms with Crippen LogP contribution in [0.1, 0.15) is 5.56 Å². The van der Waals surface area contributed by atoms with Crippen molar-refractivity contribution in [3.63, 3.8) is 0 Å². The van der Waals surface area contributed by atoms with Gasteiger partial charge in [-0.15, -0.1) is 0 Å². The number of hydrogen-bond acceptors (Lipinski definition) is 4. The molecule has 6 heteroatoms. The van der Waals surface area contributed by atoms with Crippen molar-refractivity contribution >= 4 is 28.5 Å². The van der Waals surface area contributed by atoms with Crippen LogP contribution in [0.4, 0.5) is 0 Å². The summed E-state index contributed by atoms with van der Waals surface area (Å²) in [6.07, 6.45) is 0. The number of hydrogen-bond donors (Lipinski definition) is 1. The molecule has 1 aromatic rings. The Balaban J connectivity index is 0.000000457. The van der Waals surface area contributed by atoms with Gasteiger partial charge in [0, 0.05) is 9.94 Å². The lowest BCUT2D eigenvalue weighted by Crippen LogP contribution is -2.31. The number of rotatable bonds is 0. The van der Waals surface area contributed by atoms with Crippen LogP contribution >= 0.6 is 15.9 Å². The average molecular weight is 286 g/mol. The fourth-order valence-corrected chi connectivity index (χ4v) is 2.29. The van der Waals surface area contributed by atoms with E-state index in [0.29, 0.717) is 19.8 Å². The predicted molar refractivity (Wildman–Crippen MR) is 65.9 cm³/mol. The average Bonchev–Trinajstić information content (AvgIpc) is 2.65. The molecule has 0 aliphatic carbocycles. The van der Waals surface area contributed by atoms with Crippen LogP contribution in [0, 0.1) is 0 Å². The Kier molecular flexibility index (Phi) is 3.86. The van der Waals surface area contributed by atoms with Gasteiger partial charge in [-0.3, -0.25) is 0 Å². The molecule has 0 atom stereocenters. The molecule has 0 unspecified atom stereocenters. The van der Waals surface area contributed by atoms with E-state index in [0.717, 1.165) is 21.2 Å². The van der Waals surface area contributed by atoms with Crippen molar-refractivity contribution < 1.29 is 14.0 Å². The zero-order valence-electron chi connectivity index (χ0n) is 9.03. The molecule has 0 saturated heterocycles. The Hall–Kier alpha value is -0.555. The lowest BCUT2D eigenvalue weighted by Gasteiger charge is -2.07. The Labute approximate surface area is 103 Å². The van der Waals surface area contributed by atoms with Gasteiger partial charge in [0.2, 0.25) is 0 Å². The third kappa shape index (κ3) is 1.98. The van der Waals surface area contributed by atoms with E-state index in [-0.39, 0.29) is 7.12 Å². The van der Waals surface area contributed by atoms with Gasteiger partial charge in [-0.2, -0.15) is 0 Å². The van der Waals surface area contributed by atoms with Crippen molar-refractivity contribution in [3.05, 3.63) is 22.2 Å². The topological polar surface area (TPSA) is 53.7 Å². The molecule has 1 aromatic carbocycles. The summed E-state index contributed by atoms with van der Waals surface area (Å²) in [5.74, 6) is 0.892. The number of ether oxygens (including phenoxy) is 1. The molecule has 0 spiro atoms. The van der Waals surface area contributed by atoms with Crippen LogP contribution < -0.4 is 15.9 Å². The molecule has 0 amide bonds. The van der Waals surface area contributed by atoms with Gasteiger partial charge in [-0.05, 0) is 24.7 Å². The van der Waals surface area contributed by atoms with Crippen LogP contribution in [0.15, 0.2) is 16.6 Å². The van der Waals surface area contributed by atoms with Gasteiger partial charge in [0.05, 0.1) is 13.2 Å². The van der Waals surface area contributed by atoms with Gasteiger partial charge < -0.3 is 19.8 Å². The Morgan fingerprint density at radius 3 is 2.88 bits per heavy atom. The highest BCUT2D eigenvalue weighted by molar-refractivity contribution is 9.10. The van der Waals surface area contributed by atoms with E-state index in [4.69, 9.17) is 14.0 Å². The summed E-state index contributed by atoms with van der Waals surface area (Å²) in [7, 11) is 1.26. The first-order valence-electron chi connectivity index (χ1n) is 5.11. The molecule has 4 nitrogen and oxygen atoms in total. The lowest BCUT2D eigenvalue weighted by molar-refractivity contribution is 0.179. The maximum atomic E-state index is 5.57. The minimum absolute atomic E-state index is 0.236. The SMILES string of the molecule is Brc1ccc2c3c1COB3OCCO2.CN. The molecule has 2 heterocycles. The molecule has 0 fully saturated rings. The quantitative estimate of drug-likeness (QED) is 0.712. The molecule has 3 rings (SSSR count). The largest absolute Gasteiger partial charge is 0.498 e. The van der Waals surface area contributed by atoms with Crippen LogP contribution in [-0.2, 0) is 15.9 Å². The second-order valence-corrected chi connectivity index (χ2v) is 4.15. The summed E-state index contributed by atoms with van der Waals surface area (Å²) in [5.41, 5.74) is 6.70. The fourth-order valence-electron chi connectivity index (χ4n) is 1.83. The maximum absolute atomic E-state index is 5.57. The van der Waals surface area contributed by atoms with Crippen LogP contribution in [0.3, 0.4) is 0 Å². The summed E-state index contributed by atoms with van der Waals surface area (Å²) in [4.78, 5) is 0. The minimum atomic E-state index is -0.236. The number of nitrogens with two attached hydrogens (primary N) is 1. The van der Waals surface area contributed by atoms with Gasteiger partial charge in [-0.25, -0.2) is 0 Å². The number of benzene rings is 1. The van der Waals surface area contributed by atoms with Crippen molar-refractivity contribution in [1.29, 1.82) is 0 Å². The minimum Gasteiger partial charge on any atom is -0.492 e. The Morgan fingerprint density at radius 2 is 2.06 bits per heavy atom. The van der Waals surface area contributed by atoms with E-state index in [1.807, 2.05) is 12.1 Å². The van der Waals surface area contributed by atoms with Gasteiger partial charge in [0.25, 0.3) is 0 Å². The van der Waals surface area contributed by atoms with Gasteiger partial charge in [0.15, 0.2) is 0 Å². The first kappa shape index (κ1) is 11.9. The van der Waals surface area contributed by atoms with E-state index in [1.165, 1.54) is 7.05 Å². The highest BCUT2D eigenvalue weighted by Crippen LogP contribution is 2.27. The molecule has 16 heavy (non-hydrogen) atoms. The summed E-state index contributed by atoms with van der Waals surface area (Å²) in [6, 6.07) is 3.95. The third-order valence-corrected chi connectivity index (χ3v) is 3.23. The molecule has 86 valence electrons. The van der Waals surface area contributed by atoms with E-state index in [9.17, 15) is 0 Å². The molecular formula is C10H13BBrNO3. The summed E-state index contributed by atoms with van der Waals surface area (Å²) in [5, 5.41) is 0. The van der Waals surface area contributed by atoms with Crippen molar-refractivity contribution in [2.75, 3.05) is 20.3 Å². The molecular weight excluding hydrogens is 273 g/mol. The van der Waals surface area contributed by atoms with E-state index < -0.39 is 0 Å². The third-order valence-electron chi connectivity index (χ3n) is 2.48. The highest BCUT2D eigenvalue weighted by Gasteiger charge is 2.36. The first-order chi connectivity index (χ1) is 7.86. The molecule has 2 N–H and O–H groups in total. The van der Waals surface area contributed by atoms with Gasteiger partial charge >= 0.3 is 7.12 Å². The number of halogens is 1. The van der Waals surface area contributed by atoms with Crippen molar-refractivity contribution in [2.24, 2.45) is 5.73 Å². The van der Waals surface area contributed by atoms with E-state index in [2.05, 4.69) is 21.7 Å². The van der Waals surface area contributed by atoms with Gasteiger partial charge in [-0.1, -0.05) is 15.9 Å². The highest BCUT2D eigenvalue weighted by atomic mass is 79.9. The fraction of sp³-hybridized carbons (Fsp3) is 0.400. The summed E-state index contributed by atoms with van der Waals surface area (Å²) in [6.45, 7) is 1.77. The smallest absolute Gasteiger partial charge is 0.492 e. The molecule has 2 aliphatic heterocycles. The zero-order chi connectivity index (χ0) is 11.5. The second kappa shape index (κ2) is 5.18. The molecule has 2 aliphatic rings. The Bertz CT molecular complexity index is 389. The monoisotopic (exact) mass is 285 g/mol. The molecule has 0 aromatic heterocycles. The molecule has 0 radical (unpaired) electrons. The van der Waals surface area contributed by atoms with Crippen LogP contribution in [0.25, 0.3) is 0 Å². The zero-order valence-corrected chi connectivity index (χ0v) is 10.6. The normalized spacial score (nSPS) is 16.8. The summed E-state index contributed by atoms with van der Waals surface area (Å²) < 4.78 is 17.7. The van der Waals surface area contributed by atoms with E-state index in [1.54, 1.807) is 0 Å². The standard InChI is InChI=1S/C9H8BBrO3.CH5N/c11-7-1-2-8-9-6(7)5-14-10(9)13-4-3-12-8;1-2/h1-2H,3-5H2;2H2,1H3. The van der Waals surface area contributed by atoms with Crippen molar-refractivity contribution in [1.82, 2.24) is 0 Å². The van der Waals surface area contributed by atoms with Crippen molar-refractivity contribution in [2.45, 2.75) is 6.61 Å². The van der Waals surface area contributed by atoms with Gasteiger partial charge in [0.1, 0.15) is 12.4 Å². The molecule has 0 saturated carbocycles. The predicted octanol–water partition coefficient (Wildman–Crippen LogP) is 0.658. The van der Waals surface area contributed by atoms with Crippen molar-refractivity contribution in [3.8, 4) is 5.75 Å². The maximum Gasteiger partial charge on any atom is 0.498 e.